The van der Waals surface area contributed by atoms with Crippen molar-refractivity contribution in [2.75, 3.05) is 0 Å². The number of hydrogen-bond acceptors (Lipinski definition) is 18. The summed E-state index contributed by atoms with van der Waals surface area (Å²) in [6.07, 6.45) is 0.720. The molecule has 76 heavy (non-hydrogen) atoms. The number of hydrogen-bond donors (Lipinski definition) is 13. The summed E-state index contributed by atoms with van der Waals surface area (Å²) < 4.78 is 23.6. The van der Waals surface area contributed by atoms with Gasteiger partial charge in [0.15, 0.2) is 12.1 Å². The van der Waals surface area contributed by atoms with Crippen LogP contribution in [0.3, 0.4) is 0 Å². The highest BCUT2D eigenvalue weighted by atomic mass is 16.7. The molecule has 0 unspecified atom stereocenters. The molecule has 2 fully saturated rings. The lowest BCUT2D eigenvalue weighted by Crippen LogP contribution is -2.65. The van der Waals surface area contributed by atoms with Gasteiger partial charge in [0.2, 0.25) is 5.91 Å². The normalized spacial score (nSPS) is 40.7. The van der Waals surface area contributed by atoms with Gasteiger partial charge in [0, 0.05) is 31.1 Å². The molecule has 0 aliphatic carbocycles. The molecule has 3 heterocycles. The Bertz CT molecular complexity index is 2100. The van der Waals surface area contributed by atoms with Crippen molar-refractivity contribution in [1.29, 1.82) is 0 Å². The monoisotopic (exact) mass is 1070 g/mol. The molecule has 0 aromatic heterocycles. The molecule has 14 N–H and O–H groups in total. The lowest BCUT2D eigenvalue weighted by Gasteiger charge is -2.45. The number of nitrogens with two attached hydrogens (primary N) is 1. The number of aliphatic carboxylic acids is 1. The summed E-state index contributed by atoms with van der Waals surface area (Å²) >= 11 is 0. The first-order valence-electron chi connectivity index (χ1n) is 26.3. The third kappa shape index (κ3) is 21.0. The van der Waals surface area contributed by atoms with Gasteiger partial charge in [0.1, 0.15) is 24.2 Å². The average molecular weight is 1070 g/mol. The Hall–Kier alpha value is -4.49. The maximum atomic E-state index is 13.3. The summed E-state index contributed by atoms with van der Waals surface area (Å²) in [6, 6.07) is 6.61. The van der Waals surface area contributed by atoms with Gasteiger partial charge in [0.05, 0.1) is 79.5 Å². The summed E-state index contributed by atoms with van der Waals surface area (Å²) in [5, 5.41) is 124. The van der Waals surface area contributed by atoms with Crippen molar-refractivity contribution in [1.82, 2.24) is 5.32 Å². The van der Waals surface area contributed by atoms with E-state index in [1.54, 1.807) is 68.5 Å². The van der Waals surface area contributed by atoms with E-state index in [1.807, 2.05) is 49.4 Å². The number of aliphatic hydroxyl groups is 10. The number of allylic oxidation sites excluding steroid dienone is 10. The highest BCUT2D eigenvalue weighted by Crippen LogP contribution is 2.38. The average Bonchev–Trinajstić information content (AvgIpc) is 3.34. The lowest BCUT2D eigenvalue weighted by molar-refractivity contribution is -0.310. The molecule has 1 amide bonds. The van der Waals surface area contributed by atoms with Gasteiger partial charge in [-0.3, -0.25) is 14.4 Å². The van der Waals surface area contributed by atoms with Crippen molar-refractivity contribution in [2.45, 2.75) is 202 Å². The topological polar surface area (TPSA) is 349 Å². The number of carbonyl (C=O) groups is 3. The Morgan fingerprint density at radius 3 is 2.00 bits per heavy atom. The second-order valence-electron chi connectivity index (χ2n) is 20.6. The van der Waals surface area contributed by atoms with Crippen LogP contribution in [0.25, 0.3) is 0 Å². The van der Waals surface area contributed by atoms with E-state index in [0.29, 0.717) is 0 Å². The Balaban J connectivity index is 1.57. The molecule has 20 nitrogen and oxygen atoms in total. The van der Waals surface area contributed by atoms with Crippen LogP contribution in [0, 0.1) is 17.8 Å². The van der Waals surface area contributed by atoms with E-state index < -0.39 is 159 Å². The SMILES string of the molecule is C[C@@H]1[C@H](O)[C@@H](C)/C=C/C=C/CC/C=C/C=C/C=C/C=C/[C@H](O[C@H]2O[C@H](C)[C@@H](O)[C@H](NC(=O)[C@@H](N)Cc3ccccc3)[C@@H]2O)C[C@@H]2O[C@](O)(C[C@@H](O)[C@H](O)CC[C@@H](O)C[C@@H](O)C[C@@H](O)CC(=O)O[C@H]1C)C[C@H](O)[C@H]2C(=O)O. The van der Waals surface area contributed by atoms with Crippen LogP contribution in [0.2, 0.25) is 0 Å². The molecule has 3 aliphatic rings. The van der Waals surface area contributed by atoms with Gasteiger partial charge < -0.3 is 86.2 Å². The first-order valence-corrected chi connectivity index (χ1v) is 26.3. The van der Waals surface area contributed by atoms with Crippen LogP contribution < -0.4 is 11.1 Å². The Labute approximate surface area is 445 Å². The number of benzene rings is 1. The van der Waals surface area contributed by atoms with Crippen molar-refractivity contribution in [3.63, 3.8) is 0 Å². The van der Waals surface area contributed by atoms with Crippen molar-refractivity contribution in [3.8, 4) is 0 Å². The smallest absolute Gasteiger partial charge is 0.311 e. The summed E-state index contributed by atoms with van der Waals surface area (Å²) in [5.74, 6) is -7.70. The van der Waals surface area contributed by atoms with Crippen LogP contribution in [-0.2, 0) is 39.8 Å². The summed E-state index contributed by atoms with van der Waals surface area (Å²) in [6.45, 7) is 6.73. The summed E-state index contributed by atoms with van der Waals surface area (Å²) in [4.78, 5) is 38.7. The predicted molar refractivity (Wildman–Crippen MR) is 279 cm³/mol. The van der Waals surface area contributed by atoms with Gasteiger partial charge in [0.25, 0.3) is 0 Å². The zero-order valence-corrected chi connectivity index (χ0v) is 43.9. The van der Waals surface area contributed by atoms with E-state index in [1.165, 1.54) is 13.0 Å². The molecule has 2 saturated heterocycles. The van der Waals surface area contributed by atoms with Gasteiger partial charge in [-0.25, -0.2) is 0 Å². The molecular formula is C56H84N2O18. The molecule has 1 aromatic rings. The van der Waals surface area contributed by atoms with Crippen LogP contribution in [0.5, 0.6) is 0 Å². The predicted octanol–water partition coefficient (Wildman–Crippen LogP) is 1.66. The number of carboxylic acid groups (broad SMARTS) is 1. The fourth-order valence-electron chi connectivity index (χ4n) is 9.48. The standard InChI is InChI=1S/C56H84N2O18/c1-33-20-16-13-11-9-7-5-6-8-10-12-14-19-23-41(75-55-52(68)49(51(67)36(4)74-55)58-53(69)42(57)26-37-21-17-15-18-22-37)30-46-48(54(70)71)45(64)32-56(72,76-46)31-44(63)43(62)25-24-38(59)27-39(60)28-40(61)29-47(65)73-35(3)34(2)50(33)66/h5-6,8,10-23,33-36,38-46,48-52,55,59-64,66-68,72H,7,9,24-32,57H2,1-4H3,(H,58,69)(H,70,71)/b6-5+,10-8+,13-11+,14-12+,20-16+,23-19+/t33-,34-,35-,36+,38+,39+,40+,41-,42-,43+,44+,45-,46-,48+,49-,50+,51+,52-,55+,56+/m0/s1. The molecule has 426 valence electrons. The van der Waals surface area contributed by atoms with Crippen molar-refractivity contribution >= 4 is 17.8 Å². The Morgan fingerprint density at radius 2 is 1.33 bits per heavy atom. The molecule has 0 saturated carbocycles. The molecule has 0 spiro atoms. The number of carbonyl (C=O) groups excluding carboxylic acids is 2. The fourth-order valence-corrected chi connectivity index (χ4v) is 9.48. The van der Waals surface area contributed by atoms with Crippen LogP contribution in [0.1, 0.15) is 97.5 Å². The van der Waals surface area contributed by atoms with Crippen LogP contribution >= 0.6 is 0 Å². The number of fused-ring (bicyclic) bond motifs is 2. The van der Waals surface area contributed by atoms with E-state index >= 15 is 0 Å². The molecule has 20 heteroatoms. The third-order valence-corrected chi connectivity index (χ3v) is 14.1. The number of rotatable bonds is 7. The zero-order valence-electron chi connectivity index (χ0n) is 43.9. The van der Waals surface area contributed by atoms with E-state index in [-0.39, 0.29) is 38.0 Å². The molecule has 0 radical (unpaired) electrons. The number of cyclic esters (lactones) is 1. The zero-order chi connectivity index (χ0) is 56.1. The second kappa shape index (κ2) is 31.8. The van der Waals surface area contributed by atoms with Gasteiger partial charge in [-0.1, -0.05) is 117 Å². The number of nitrogens with one attached hydrogen (secondary N) is 1. The van der Waals surface area contributed by atoms with E-state index in [9.17, 15) is 70.6 Å². The molecule has 4 rings (SSSR count). The van der Waals surface area contributed by atoms with E-state index in [0.717, 1.165) is 18.4 Å². The minimum absolute atomic E-state index is 0.161. The number of ether oxygens (including phenoxy) is 4. The number of esters is 1. The van der Waals surface area contributed by atoms with Crippen LogP contribution in [0.4, 0.5) is 0 Å². The fraction of sp³-hybridized carbons (Fsp3) is 0.625. The molecular weight excluding hydrogens is 989 g/mol. The van der Waals surface area contributed by atoms with Crippen molar-refractivity contribution in [3.05, 3.63) is 109 Å². The van der Waals surface area contributed by atoms with Crippen LogP contribution in [0.15, 0.2) is 103 Å². The molecule has 1 aromatic carbocycles. The van der Waals surface area contributed by atoms with Crippen LogP contribution in [-0.4, -0.2) is 178 Å². The number of amides is 1. The maximum absolute atomic E-state index is 13.3. The van der Waals surface area contributed by atoms with Gasteiger partial charge in [-0.2, -0.15) is 0 Å². The minimum Gasteiger partial charge on any atom is -0.481 e. The molecule has 20 atom stereocenters. The second-order valence-corrected chi connectivity index (χ2v) is 20.6. The summed E-state index contributed by atoms with van der Waals surface area (Å²) in [7, 11) is 0. The number of carboxylic acids is 1. The minimum atomic E-state index is -2.42. The summed E-state index contributed by atoms with van der Waals surface area (Å²) in [5.41, 5.74) is 7.00. The Kier molecular flexibility index (Phi) is 26.8. The van der Waals surface area contributed by atoms with Gasteiger partial charge in [-0.15, -0.1) is 0 Å². The first-order chi connectivity index (χ1) is 36.0. The van der Waals surface area contributed by atoms with Gasteiger partial charge >= 0.3 is 11.9 Å². The quantitative estimate of drug-likeness (QED) is 0.173. The third-order valence-electron chi connectivity index (χ3n) is 14.1. The molecule has 3 aliphatic heterocycles. The number of aliphatic hydroxyl groups excluding tert-OH is 9. The Morgan fingerprint density at radius 1 is 0.724 bits per heavy atom. The highest BCUT2D eigenvalue weighted by Gasteiger charge is 2.51. The van der Waals surface area contributed by atoms with Crippen molar-refractivity contribution in [2.24, 2.45) is 23.5 Å². The lowest BCUT2D eigenvalue weighted by atomic mass is 9.82. The largest absolute Gasteiger partial charge is 0.481 e. The highest BCUT2D eigenvalue weighted by molar-refractivity contribution is 5.82. The van der Waals surface area contributed by atoms with E-state index in [4.69, 9.17) is 24.7 Å². The van der Waals surface area contributed by atoms with E-state index in [2.05, 4.69) is 5.32 Å². The molecule has 2 bridgehead atoms. The first kappa shape index (κ1) is 64.0. The maximum Gasteiger partial charge on any atom is 0.311 e. The van der Waals surface area contributed by atoms with Crippen molar-refractivity contribution < 1.29 is 89.5 Å². The van der Waals surface area contributed by atoms with Gasteiger partial charge in [-0.05, 0) is 64.4 Å².